The van der Waals surface area contributed by atoms with Crippen LogP contribution in [0.3, 0.4) is 0 Å². The Kier molecular flexibility index (Phi) is 2.06. The number of hydrogen-bond donors (Lipinski definition) is 1. The molecule has 1 atom stereocenters. The number of rotatable bonds is 1. The van der Waals surface area contributed by atoms with Crippen molar-refractivity contribution in [2.75, 3.05) is 5.73 Å². The van der Waals surface area contributed by atoms with E-state index in [4.69, 9.17) is 5.73 Å². The highest BCUT2D eigenvalue weighted by atomic mass is 31.0. The van der Waals surface area contributed by atoms with Crippen molar-refractivity contribution >= 4 is 25.9 Å². The number of nitro benzene ring substituents is 1. The Morgan fingerprint density at radius 3 is 2.64 bits per heavy atom. The molecule has 1 unspecified atom stereocenters. The van der Waals surface area contributed by atoms with Crippen LogP contribution in [0.15, 0.2) is 18.2 Å². The summed E-state index contributed by atoms with van der Waals surface area (Å²) >= 11 is 0. The predicted molar refractivity (Wildman–Crippen MR) is 46.9 cm³/mol. The summed E-state index contributed by atoms with van der Waals surface area (Å²) in [6.45, 7) is 0. The largest absolute Gasteiger partial charge is 0.399 e. The Morgan fingerprint density at radius 2 is 2.18 bits per heavy atom. The van der Waals surface area contributed by atoms with Gasteiger partial charge in [-0.3, -0.25) is 10.1 Å². The molecule has 0 heterocycles. The lowest BCUT2D eigenvalue weighted by Gasteiger charge is -1.96. The van der Waals surface area contributed by atoms with Crippen molar-refractivity contribution in [2.24, 2.45) is 0 Å². The van der Waals surface area contributed by atoms with Crippen molar-refractivity contribution in [3.63, 3.8) is 0 Å². The normalized spacial score (nSPS) is 9.55. The van der Waals surface area contributed by atoms with E-state index < -0.39 is 4.92 Å². The zero-order valence-electron chi connectivity index (χ0n) is 5.65. The predicted octanol–water partition coefficient (Wildman–Crippen LogP) is 0.677. The number of nitro groups is 1. The van der Waals surface area contributed by atoms with Gasteiger partial charge in [0.2, 0.25) is 0 Å². The molecule has 0 saturated heterocycles. The monoisotopic (exact) mass is 170 g/mol. The highest BCUT2D eigenvalue weighted by Gasteiger charge is 2.08. The molecule has 0 aliphatic rings. The van der Waals surface area contributed by atoms with Gasteiger partial charge >= 0.3 is 0 Å². The molecule has 0 spiro atoms. The minimum atomic E-state index is -0.460. The molecule has 1 aromatic rings. The summed E-state index contributed by atoms with van der Waals surface area (Å²) in [5.41, 5.74) is 5.79. The number of nitrogens with zero attached hydrogens (tertiary/aromatic N) is 1. The molecule has 5 heteroatoms. The second-order valence-corrected chi connectivity index (χ2v) is 2.70. The summed E-state index contributed by atoms with van der Waals surface area (Å²) in [5.74, 6) is 0. The second kappa shape index (κ2) is 2.84. The highest BCUT2D eigenvalue weighted by Crippen LogP contribution is 2.14. The van der Waals surface area contributed by atoms with E-state index in [-0.39, 0.29) is 5.69 Å². The van der Waals surface area contributed by atoms with E-state index in [0.29, 0.717) is 11.0 Å². The van der Waals surface area contributed by atoms with Crippen molar-refractivity contribution in [1.82, 2.24) is 0 Å². The smallest absolute Gasteiger partial charge is 0.278 e. The fraction of sp³-hybridized carbons (Fsp3) is 0. The molecule has 0 aliphatic carbocycles. The van der Waals surface area contributed by atoms with Crippen LogP contribution in [-0.4, -0.2) is 4.92 Å². The molecule has 0 amide bonds. The zero-order valence-corrected chi connectivity index (χ0v) is 6.81. The SMILES string of the molecule is Nc1ccc(P)c([N+](=O)[O-])c1. The fourth-order valence-electron chi connectivity index (χ4n) is 0.719. The van der Waals surface area contributed by atoms with Crippen LogP contribution in [-0.2, 0) is 0 Å². The van der Waals surface area contributed by atoms with Gasteiger partial charge in [-0.2, -0.15) is 0 Å². The molecule has 58 valence electrons. The van der Waals surface area contributed by atoms with Gasteiger partial charge in [-0.25, -0.2) is 0 Å². The Balaban J connectivity index is 3.23. The average molecular weight is 170 g/mol. The number of hydrogen-bond acceptors (Lipinski definition) is 3. The summed E-state index contributed by atoms with van der Waals surface area (Å²) in [5, 5.41) is 10.9. The number of anilines is 1. The molecule has 4 nitrogen and oxygen atoms in total. The van der Waals surface area contributed by atoms with Gasteiger partial charge in [0.05, 0.1) is 4.92 Å². The van der Waals surface area contributed by atoms with E-state index in [0.717, 1.165) is 0 Å². The van der Waals surface area contributed by atoms with Crippen molar-refractivity contribution in [3.05, 3.63) is 28.3 Å². The summed E-state index contributed by atoms with van der Waals surface area (Å²) in [6, 6.07) is 4.55. The van der Waals surface area contributed by atoms with Crippen LogP contribution in [0.4, 0.5) is 11.4 Å². The second-order valence-electron chi connectivity index (χ2n) is 2.08. The minimum absolute atomic E-state index is 0.0370. The number of nitrogens with two attached hydrogens (primary N) is 1. The molecular weight excluding hydrogens is 163 g/mol. The summed E-state index contributed by atoms with van der Waals surface area (Å²) < 4.78 is 0. The van der Waals surface area contributed by atoms with Crippen molar-refractivity contribution < 1.29 is 4.92 Å². The zero-order chi connectivity index (χ0) is 8.43. The van der Waals surface area contributed by atoms with E-state index in [1.807, 2.05) is 0 Å². The molecule has 0 radical (unpaired) electrons. The van der Waals surface area contributed by atoms with Crippen LogP contribution in [0.2, 0.25) is 0 Å². The van der Waals surface area contributed by atoms with Crippen molar-refractivity contribution in [1.29, 1.82) is 0 Å². The van der Waals surface area contributed by atoms with E-state index in [1.54, 1.807) is 12.1 Å². The van der Waals surface area contributed by atoms with Crippen LogP contribution in [0.5, 0.6) is 0 Å². The van der Waals surface area contributed by atoms with Crippen LogP contribution in [0.1, 0.15) is 0 Å². The third kappa shape index (κ3) is 1.65. The maximum atomic E-state index is 10.3. The molecule has 0 saturated carbocycles. The first kappa shape index (κ1) is 7.95. The van der Waals surface area contributed by atoms with Gasteiger partial charge in [0.1, 0.15) is 0 Å². The molecule has 1 aromatic carbocycles. The molecule has 0 fully saturated rings. The van der Waals surface area contributed by atoms with Gasteiger partial charge in [0.15, 0.2) is 0 Å². The van der Waals surface area contributed by atoms with Crippen LogP contribution in [0.25, 0.3) is 0 Å². The summed E-state index contributed by atoms with van der Waals surface area (Å²) in [4.78, 5) is 9.85. The Morgan fingerprint density at radius 1 is 1.55 bits per heavy atom. The van der Waals surface area contributed by atoms with E-state index in [2.05, 4.69) is 9.24 Å². The van der Waals surface area contributed by atoms with E-state index in [1.165, 1.54) is 6.07 Å². The number of benzene rings is 1. The molecule has 0 bridgehead atoms. The average Bonchev–Trinajstić information content (AvgIpc) is 1.94. The Hall–Kier alpha value is -1.15. The van der Waals surface area contributed by atoms with Crippen molar-refractivity contribution in [2.45, 2.75) is 0 Å². The summed E-state index contributed by atoms with van der Waals surface area (Å²) in [7, 11) is 2.28. The molecule has 11 heavy (non-hydrogen) atoms. The maximum Gasteiger partial charge on any atom is 0.278 e. The molecule has 1 rings (SSSR count). The lowest BCUT2D eigenvalue weighted by molar-refractivity contribution is -0.383. The quantitative estimate of drug-likeness (QED) is 0.291. The van der Waals surface area contributed by atoms with Gasteiger partial charge in [-0.05, 0) is 12.1 Å². The maximum absolute atomic E-state index is 10.3. The summed E-state index contributed by atoms with van der Waals surface area (Å²) in [6.07, 6.45) is 0. The first-order chi connectivity index (χ1) is 5.11. The van der Waals surface area contributed by atoms with Gasteiger partial charge in [0.25, 0.3) is 5.69 Å². The lowest BCUT2D eigenvalue weighted by Crippen LogP contribution is -2.02. The molecule has 2 N–H and O–H groups in total. The molecular formula is C6H7N2O2P. The van der Waals surface area contributed by atoms with Gasteiger partial charge in [-0.1, -0.05) is 9.24 Å². The van der Waals surface area contributed by atoms with Gasteiger partial charge < -0.3 is 5.73 Å². The Labute approximate surface area is 65.8 Å². The first-order valence-corrected chi connectivity index (χ1v) is 3.48. The van der Waals surface area contributed by atoms with E-state index in [9.17, 15) is 10.1 Å². The van der Waals surface area contributed by atoms with Crippen LogP contribution < -0.4 is 11.0 Å². The van der Waals surface area contributed by atoms with Gasteiger partial charge in [0, 0.05) is 17.1 Å². The van der Waals surface area contributed by atoms with Gasteiger partial charge in [-0.15, -0.1) is 0 Å². The fourth-order valence-corrected chi connectivity index (χ4v) is 1.00. The van der Waals surface area contributed by atoms with Crippen LogP contribution in [0, 0.1) is 10.1 Å². The van der Waals surface area contributed by atoms with E-state index >= 15 is 0 Å². The lowest BCUT2D eigenvalue weighted by atomic mass is 10.3. The topological polar surface area (TPSA) is 69.2 Å². The molecule has 0 aromatic heterocycles. The Bertz CT molecular complexity index is 301. The minimum Gasteiger partial charge on any atom is -0.399 e. The standard InChI is InChI=1S/C6H7N2O2P/c7-4-1-2-6(11)5(3-4)8(9)10/h1-3H,7,11H2. The third-order valence-corrected chi connectivity index (χ3v) is 1.74. The highest BCUT2D eigenvalue weighted by molar-refractivity contribution is 7.27. The van der Waals surface area contributed by atoms with Crippen LogP contribution >= 0.6 is 9.24 Å². The third-order valence-electron chi connectivity index (χ3n) is 1.25. The number of nitrogen functional groups attached to an aromatic ring is 1. The first-order valence-electron chi connectivity index (χ1n) is 2.90. The molecule has 0 aliphatic heterocycles. The van der Waals surface area contributed by atoms with Crippen molar-refractivity contribution in [3.8, 4) is 0 Å².